The predicted octanol–water partition coefficient (Wildman–Crippen LogP) is 10.0. The van der Waals surface area contributed by atoms with Crippen LogP contribution in [-0.2, 0) is 0 Å². The zero-order valence-corrected chi connectivity index (χ0v) is 22.0. The van der Waals surface area contributed by atoms with E-state index in [0.717, 1.165) is 35.5 Å². The second kappa shape index (κ2) is 10.6. The van der Waals surface area contributed by atoms with Crippen molar-refractivity contribution in [1.29, 1.82) is 0 Å². The summed E-state index contributed by atoms with van der Waals surface area (Å²) in [5, 5.41) is 0. The van der Waals surface area contributed by atoms with Crippen LogP contribution >= 0.6 is 0 Å². The Morgan fingerprint density at radius 3 is 2.52 bits per heavy atom. The second-order valence-corrected chi connectivity index (χ2v) is 13.2. The SMILES string of the molecule is C=CCCC1CCC2(C)C(=CCC3CCC(C(C)CCCC(C)C)C(C)(C)CCC32)C1. The van der Waals surface area contributed by atoms with Crippen LogP contribution in [0.15, 0.2) is 24.3 Å². The van der Waals surface area contributed by atoms with Crippen LogP contribution in [0.5, 0.6) is 0 Å². The fourth-order valence-corrected chi connectivity index (χ4v) is 8.10. The molecule has 0 heterocycles. The molecule has 6 unspecified atom stereocenters. The molecule has 6 atom stereocenters. The van der Waals surface area contributed by atoms with E-state index in [0.29, 0.717) is 10.8 Å². The normalized spacial score (nSPS) is 36.5. The largest absolute Gasteiger partial charge is 0.103 e. The van der Waals surface area contributed by atoms with Crippen LogP contribution in [0.4, 0.5) is 0 Å². The topological polar surface area (TPSA) is 0 Å². The average Bonchev–Trinajstić information content (AvgIpc) is 2.69. The minimum Gasteiger partial charge on any atom is -0.103 e. The first-order valence-corrected chi connectivity index (χ1v) is 14.0. The number of hydrogen-bond donors (Lipinski definition) is 0. The molecule has 0 aromatic heterocycles. The number of hydrogen-bond acceptors (Lipinski definition) is 0. The van der Waals surface area contributed by atoms with Crippen LogP contribution in [0, 0.1) is 46.3 Å². The van der Waals surface area contributed by atoms with Gasteiger partial charge in [0.05, 0.1) is 0 Å². The van der Waals surface area contributed by atoms with E-state index in [2.05, 4.69) is 60.3 Å². The van der Waals surface area contributed by atoms with Gasteiger partial charge in [-0.15, -0.1) is 6.58 Å². The molecule has 178 valence electrons. The Morgan fingerprint density at radius 1 is 1.03 bits per heavy atom. The van der Waals surface area contributed by atoms with Crippen molar-refractivity contribution in [3.05, 3.63) is 24.3 Å². The van der Waals surface area contributed by atoms with E-state index in [1.165, 1.54) is 83.5 Å². The van der Waals surface area contributed by atoms with Crippen molar-refractivity contribution in [3.63, 3.8) is 0 Å². The van der Waals surface area contributed by atoms with E-state index in [1.807, 2.05) is 5.57 Å². The highest BCUT2D eigenvalue weighted by molar-refractivity contribution is 5.23. The lowest BCUT2D eigenvalue weighted by Crippen LogP contribution is -2.44. The molecular weight excluding hydrogens is 372 g/mol. The maximum atomic E-state index is 3.95. The van der Waals surface area contributed by atoms with Gasteiger partial charge in [-0.3, -0.25) is 0 Å². The van der Waals surface area contributed by atoms with E-state index in [4.69, 9.17) is 0 Å². The minimum atomic E-state index is 0.499. The summed E-state index contributed by atoms with van der Waals surface area (Å²) in [5.74, 6) is 5.44. The number of allylic oxidation sites excluding steroid dienone is 3. The summed E-state index contributed by atoms with van der Waals surface area (Å²) in [4.78, 5) is 0. The zero-order chi connectivity index (χ0) is 22.6. The molecule has 0 N–H and O–H groups in total. The van der Waals surface area contributed by atoms with Gasteiger partial charge in [-0.25, -0.2) is 0 Å². The monoisotopic (exact) mass is 426 g/mol. The van der Waals surface area contributed by atoms with Crippen LogP contribution < -0.4 is 0 Å². The molecule has 0 spiro atoms. The Bertz CT molecular complexity index is 608. The molecule has 0 aliphatic heterocycles. The molecule has 0 bridgehead atoms. The molecule has 3 rings (SSSR count). The summed E-state index contributed by atoms with van der Waals surface area (Å²) in [5.41, 5.74) is 2.85. The maximum absolute atomic E-state index is 3.95. The molecule has 0 amide bonds. The molecule has 0 radical (unpaired) electrons. The third kappa shape index (κ3) is 5.89. The van der Waals surface area contributed by atoms with E-state index in [-0.39, 0.29) is 0 Å². The van der Waals surface area contributed by atoms with Crippen molar-refractivity contribution >= 4 is 0 Å². The Hall–Kier alpha value is -0.520. The smallest absolute Gasteiger partial charge is 0.00852 e. The Morgan fingerprint density at radius 2 is 1.81 bits per heavy atom. The lowest BCUT2D eigenvalue weighted by Gasteiger charge is -2.54. The van der Waals surface area contributed by atoms with Crippen LogP contribution in [0.25, 0.3) is 0 Å². The van der Waals surface area contributed by atoms with Crippen molar-refractivity contribution in [2.75, 3.05) is 0 Å². The molecule has 0 nitrogen and oxygen atoms in total. The summed E-state index contributed by atoms with van der Waals surface area (Å²) in [6.07, 6.45) is 23.2. The second-order valence-electron chi connectivity index (χ2n) is 13.2. The van der Waals surface area contributed by atoms with E-state index in [9.17, 15) is 0 Å². The molecule has 3 aliphatic rings. The van der Waals surface area contributed by atoms with Crippen LogP contribution in [-0.4, -0.2) is 0 Å². The first kappa shape index (κ1) is 25.1. The lowest BCUT2D eigenvalue weighted by molar-refractivity contribution is 0.0186. The van der Waals surface area contributed by atoms with Gasteiger partial charge in [-0.05, 0) is 111 Å². The lowest BCUT2D eigenvalue weighted by atomic mass is 9.51. The molecule has 0 aromatic carbocycles. The van der Waals surface area contributed by atoms with E-state index >= 15 is 0 Å². The summed E-state index contributed by atoms with van der Waals surface area (Å²) in [7, 11) is 0. The number of rotatable bonds is 8. The highest BCUT2D eigenvalue weighted by atomic mass is 14.5. The van der Waals surface area contributed by atoms with Gasteiger partial charge in [-0.1, -0.05) is 78.5 Å². The predicted molar refractivity (Wildman–Crippen MR) is 138 cm³/mol. The van der Waals surface area contributed by atoms with E-state index < -0.39 is 0 Å². The Balaban J connectivity index is 1.68. The molecule has 2 fully saturated rings. The van der Waals surface area contributed by atoms with Crippen molar-refractivity contribution in [2.24, 2.45) is 46.3 Å². The van der Waals surface area contributed by atoms with Crippen molar-refractivity contribution in [3.8, 4) is 0 Å². The highest BCUT2D eigenvalue weighted by Gasteiger charge is 2.48. The van der Waals surface area contributed by atoms with Crippen molar-refractivity contribution < 1.29 is 0 Å². The van der Waals surface area contributed by atoms with Gasteiger partial charge >= 0.3 is 0 Å². The van der Waals surface area contributed by atoms with E-state index in [1.54, 1.807) is 0 Å². The molecule has 0 aromatic rings. The highest BCUT2D eigenvalue weighted by Crippen LogP contribution is 2.59. The first-order valence-electron chi connectivity index (χ1n) is 14.0. The summed E-state index contributed by atoms with van der Waals surface area (Å²) >= 11 is 0. The van der Waals surface area contributed by atoms with Gasteiger partial charge < -0.3 is 0 Å². The van der Waals surface area contributed by atoms with Crippen LogP contribution in [0.2, 0.25) is 0 Å². The van der Waals surface area contributed by atoms with Gasteiger partial charge in [0, 0.05) is 0 Å². The van der Waals surface area contributed by atoms with Crippen molar-refractivity contribution in [1.82, 2.24) is 0 Å². The van der Waals surface area contributed by atoms with Gasteiger partial charge in [-0.2, -0.15) is 0 Å². The van der Waals surface area contributed by atoms with Gasteiger partial charge in [0.25, 0.3) is 0 Å². The van der Waals surface area contributed by atoms with Crippen molar-refractivity contribution in [2.45, 2.75) is 125 Å². The van der Waals surface area contributed by atoms with Gasteiger partial charge in [0.2, 0.25) is 0 Å². The summed E-state index contributed by atoms with van der Waals surface area (Å²) in [6, 6.07) is 0. The summed E-state index contributed by atoms with van der Waals surface area (Å²) in [6.45, 7) is 19.2. The first-order chi connectivity index (χ1) is 14.7. The van der Waals surface area contributed by atoms with Crippen LogP contribution in [0.1, 0.15) is 125 Å². The third-order valence-corrected chi connectivity index (χ3v) is 10.2. The Labute approximate surface area is 195 Å². The molecule has 31 heavy (non-hydrogen) atoms. The minimum absolute atomic E-state index is 0.499. The van der Waals surface area contributed by atoms with Gasteiger partial charge in [0.15, 0.2) is 0 Å². The molecular formula is C31H54. The number of fused-ring (bicyclic) bond motifs is 3. The van der Waals surface area contributed by atoms with Gasteiger partial charge in [0.1, 0.15) is 0 Å². The molecule has 0 saturated heterocycles. The Kier molecular flexibility index (Phi) is 8.59. The average molecular weight is 427 g/mol. The fourth-order valence-electron chi connectivity index (χ4n) is 8.10. The third-order valence-electron chi connectivity index (χ3n) is 10.2. The summed E-state index contributed by atoms with van der Waals surface area (Å²) < 4.78 is 0. The molecule has 2 saturated carbocycles. The zero-order valence-electron chi connectivity index (χ0n) is 22.0. The maximum Gasteiger partial charge on any atom is -0.00852 e. The molecule has 0 heteroatoms. The quantitative estimate of drug-likeness (QED) is 0.339. The molecule has 3 aliphatic carbocycles. The van der Waals surface area contributed by atoms with Crippen LogP contribution in [0.3, 0.4) is 0 Å². The standard InChI is InChI=1S/C31H54/c1-8-9-13-25-18-21-31(7)27(22-25)16-14-26-15-17-28(24(4)12-10-11-23(2)3)30(5,6)20-19-29(26)31/h8,16,23-26,28-29H,1,9-15,17-22H2,2-7H3. The fraction of sp³-hybridized carbons (Fsp3) is 0.871.